The second-order valence-electron chi connectivity index (χ2n) is 9.50. The van der Waals surface area contributed by atoms with Gasteiger partial charge in [-0.2, -0.15) is 0 Å². The first-order valence-electron chi connectivity index (χ1n) is 12.4. The standard InChI is InChI=1S/C24H30AsN7O2/c33-22(29-24-26-11-13-34-24)19-10-5-12-32(19)23-27-17-9-4-8-16(17)21(28-23)25-20-14-18(30-31-20)15-6-2-1-3-7-15/h11,13-15,19,25H,1-10,12H2,(H,30,31)(H,26,29,33)/t19-/m1/s1. The Balaban J connectivity index is 1.24. The van der Waals surface area contributed by atoms with Gasteiger partial charge in [-0.25, -0.2) is 0 Å². The van der Waals surface area contributed by atoms with Gasteiger partial charge in [0.1, 0.15) is 0 Å². The zero-order valence-corrected chi connectivity index (χ0v) is 21.3. The van der Waals surface area contributed by atoms with Crippen LogP contribution in [0.25, 0.3) is 0 Å². The van der Waals surface area contributed by atoms with Crippen LogP contribution >= 0.6 is 0 Å². The van der Waals surface area contributed by atoms with Gasteiger partial charge in [-0.15, -0.1) is 0 Å². The van der Waals surface area contributed by atoms with Gasteiger partial charge in [-0.05, 0) is 0 Å². The molecule has 0 spiro atoms. The van der Waals surface area contributed by atoms with Crippen LogP contribution in [0.1, 0.15) is 74.2 Å². The average molecular weight is 523 g/mol. The van der Waals surface area contributed by atoms with Crippen molar-refractivity contribution < 1.29 is 9.21 Å². The molecule has 6 rings (SSSR count). The molecule has 0 bridgehead atoms. The number of hydrogen-bond acceptors (Lipinski definition) is 7. The molecule has 3 aromatic rings. The number of anilines is 2. The Bertz CT molecular complexity index is 1160. The van der Waals surface area contributed by atoms with E-state index in [2.05, 4.69) is 26.4 Å². The molecule has 1 amide bonds. The first-order chi connectivity index (χ1) is 16.7. The van der Waals surface area contributed by atoms with Crippen molar-refractivity contribution in [2.75, 3.05) is 16.8 Å². The molecule has 1 aliphatic heterocycles. The maximum atomic E-state index is 12.9. The van der Waals surface area contributed by atoms with Crippen LogP contribution in [0.4, 0.5) is 12.0 Å². The number of nitrogens with zero attached hydrogens (tertiary/aromatic N) is 5. The third-order valence-corrected chi connectivity index (χ3v) is 9.72. The zero-order valence-electron chi connectivity index (χ0n) is 19.2. The summed E-state index contributed by atoms with van der Waals surface area (Å²) < 4.78 is 7.54. The molecule has 0 radical (unpaired) electrons. The molecule has 34 heavy (non-hydrogen) atoms. The van der Waals surface area contributed by atoms with E-state index in [0.29, 0.717) is 11.9 Å². The number of nitrogens with one attached hydrogen (secondary N) is 2. The van der Waals surface area contributed by atoms with Crippen molar-refractivity contribution in [3.05, 3.63) is 35.5 Å². The van der Waals surface area contributed by atoms with Crippen molar-refractivity contribution >= 4 is 42.6 Å². The van der Waals surface area contributed by atoms with Crippen LogP contribution in [0.2, 0.25) is 0 Å². The van der Waals surface area contributed by atoms with Gasteiger partial charge >= 0.3 is 205 Å². The number of hydrogen-bond donors (Lipinski definition) is 2. The van der Waals surface area contributed by atoms with Gasteiger partial charge in [0.2, 0.25) is 0 Å². The molecule has 178 valence electrons. The monoisotopic (exact) mass is 523 g/mol. The Kier molecular flexibility index (Phi) is 6.12. The molecule has 1 unspecified atom stereocenters. The summed E-state index contributed by atoms with van der Waals surface area (Å²) in [5.74, 6) is 1.19. The van der Waals surface area contributed by atoms with E-state index in [-0.39, 0.29) is 18.0 Å². The van der Waals surface area contributed by atoms with E-state index >= 15 is 0 Å². The summed E-state index contributed by atoms with van der Waals surface area (Å²) >= 11 is -0.686. The Hall–Kier alpha value is -2.67. The third-order valence-electron chi connectivity index (χ3n) is 7.29. The van der Waals surface area contributed by atoms with E-state index in [9.17, 15) is 4.79 Å². The molecule has 1 saturated carbocycles. The molecule has 3 aliphatic rings. The summed E-state index contributed by atoms with van der Waals surface area (Å²) in [6, 6.07) is 2.20. The molecule has 2 N–H and O–H groups in total. The van der Waals surface area contributed by atoms with Gasteiger partial charge in [-0.3, -0.25) is 0 Å². The van der Waals surface area contributed by atoms with Gasteiger partial charge < -0.3 is 0 Å². The molecule has 1 saturated heterocycles. The Labute approximate surface area is 205 Å². The van der Waals surface area contributed by atoms with E-state index in [1.54, 1.807) is 0 Å². The molecular weight excluding hydrogens is 493 g/mol. The third kappa shape index (κ3) is 4.38. The van der Waals surface area contributed by atoms with Crippen LogP contribution in [0.3, 0.4) is 0 Å². The van der Waals surface area contributed by atoms with Crippen LogP contribution in [0, 0.1) is 0 Å². The minimum absolute atomic E-state index is 0.119. The van der Waals surface area contributed by atoms with Crippen LogP contribution in [0.15, 0.2) is 22.9 Å². The number of aromatic nitrogens is 5. The van der Waals surface area contributed by atoms with E-state index in [1.807, 2.05) is 0 Å². The average Bonchev–Trinajstić information content (AvgIpc) is 3.67. The van der Waals surface area contributed by atoms with E-state index < -0.39 is 15.8 Å². The van der Waals surface area contributed by atoms with Gasteiger partial charge in [0.25, 0.3) is 0 Å². The summed E-state index contributed by atoms with van der Waals surface area (Å²) in [6.07, 6.45) is 14.3. The topological polar surface area (TPSA) is 113 Å². The van der Waals surface area contributed by atoms with Crippen molar-refractivity contribution in [2.45, 2.75) is 76.2 Å². The van der Waals surface area contributed by atoms with Gasteiger partial charge in [-0.1, -0.05) is 0 Å². The number of carbonyl (C=O) groups excluding carboxylic acids is 1. The Morgan fingerprint density at radius 1 is 1.12 bits per heavy atom. The fourth-order valence-corrected chi connectivity index (χ4v) is 7.98. The molecule has 2 fully saturated rings. The number of fused-ring (bicyclic) bond motifs is 1. The molecule has 0 aromatic carbocycles. The van der Waals surface area contributed by atoms with Crippen molar-refractivity contribution in [2.24, 2.45) is 0 Å². The molecule has 3 aromatic heterocycles. The first kappa shape index (κ1) is 21.8. The van der Waals surface area contributed by atoms with Gasteiger partial charge in [0, 0.05) is 0 Å². The summed E-state index contributed by atoms with van der Waals surface area (Å²) in [4.78, 5) is 29.0. The SMILES string of the molecule is O=C(Nc1ncco1)[C@H]1CCCN1c1nc2c(c([AsH]c3cc(C4CCCCC4)[nH]n3)n1)CCC2. The quantitative estimate of drug-likeness (QED) is 0.473. The molecule has 9 nitrogen and oxygen atoms in total. The van der Waals surface area contributed by atoms with Crippen LogP contribution < -0.4 is 19.2 Å². The Morgan fingerprint density at radius 2 is 2.03 bits per heavy atom. The molecule has 2 atom stereocenters. The predicted octanol–water partition coefficient (Wildman–Crippen LogP) is 1.72. The predicted molar refractivity (Wildman–Crippen MR) is 130 cm³/mol. The number of aromatic amines is 1. The summed E-state index contributed by atoms with van der Waals surface area (Å²) in [5, 5.41) is 10.8. The molecule has 2 aliphatic carbocycles. The zero-order chi connectivity index (χ0) is 22.9. The molecule has 10 heteroatoms. The number of oxazole rings is 1. The number of amides is 1. The van der Waals surface area contributed by atoms with Crippen molar-refractivity contribution in [1.82, 2.24) is 25.1 Å². The second kappa shape index (κ2) is 9.53. The van der Waals surface area contributed by atoms with Gasteiger partial charge in [0.15, 0.2) is 0 Å². The van der Waals surface area contributed by atoms with Crippen LogP contribution in [-0.2, 0) is 17.6 Å². The van der Waals surface area contributed by atoms with Crippen molar-refractivity contribution in [1.29, 1.82) is 0 Å². The fraction of sp³-hybridized carbons (Fsp3) is 0.542. The number of carbonyl (C=O) groups is 1. The first-order valence-corrected chi connectivity index (χ1v) is 14.5. The van der Waals surface area contributed by atoms with Gasteiger partial charge in [0.05, 0.1) is 0 Å². The fourth-order valence-electron chi connectivity index (χ4n) is 5.55. The maximum absolute atomic E-state index is 12.9. The number of H-pyrrole nitrogens is 1. The molecule has 4 heterocycles. The van der Waals surface area contributed by atoms with Crippen molar-refractivity contribution in [3.63, 3.8) is 0 Å². The van der Waals surface area contributed by atoms with Crippen LogP contribution in [-0.4, -0.2) is 59.4 Å². The Morgan fingerprint density at radius 3 is 2.88 bits per heavy atom. The second-order valence-corrected chi connectivity index (χ2v) is 12.1. The van der Waals surface area contributed by atoms with Crippen LogP contribution in [0.5, 0.6) is 0 Å². The van der Waals surface area contributed by atoms with E-state index in [0.717, 1.165) is 44.3 Å². The van der Waals surface area contributed by atoms with Crippen molar-refractivity contribution in [3.8, 4) is 0 Å². The number of rotatable bonds is 6. The summed E-state index contributed by atoms with van der Waals surface area (Å²) in [6.45, 7) is 0.774. The summed E-state index contributed by atoms with van der Waals surface area (Å²) in [5.41, 5.74) is 3.78. The van der Waals surface area contributed by atoms with E-state index in [4.69, 9.17) is 19.5 Å². The number of aryl methyl sites for hydroxylation is 1. The van der Waals surface area contributed by atoms with E-state index in [1.165, 1.54) is 64.8 Å². The minimum atomic E-state index is -0.686. The molecular formula is C24H30AsN7O2. The summed E-state index contributed by atoms with van der Waals surface area (Å²) in [7, 11) is 0. The normalized spacial score (nSPS) is 20.9.